The van der Waals surface area contributed by atoms with Crippen LogP contribution in [0.15, 0.2) is 219 Å². The van der Waals surface area contributed by atoms with Crippen LogP contribution in [-0.2, 0) is 65.4 Å². The van der Waals surface area contributed by atoms with Gasteiger partial charge in [0, 0.05) is 25.7 Å². The Morgan fingerprint density at radius 3 is 0.768 bits per heavy atom. The molecule has 0 radical (unpaired) electrons. The first-order valence-corrected chi connectivity index (χ1v) is 45.0. The SMILES string of the molecule is CC/C=C\C/C=C\C/C=C\C/C=C\C/C=C\C/C=C\CCC(=O)OCC(COP(=O)(O)OCC(O)COP(=O)(O)OCC(COC(=O)CC/C=C\C/C=C\C/C=C\C/C=C\C/C=C\C/C=C\CC)OC(=O)CCCCCCC/C=C\CCCCCCCC)OC(=O)CCCCC/C=C\C/C=C\C/C=C\C/C=C\C/C=C\CC. The molecule has 112 heavy (non-hydrogen) atoms. The molecule has 0 aliphatic heterocycles. The summed E-state index contributed by atoms with van der Waals surface area (Å²) in [5.41, 5.74) is 0. The fourth-order valence-electron chi connectivity index (χ4n) is 10.2. The van der Waals surface area contributed by atoms with Gasteiger partial charge in [0.15, 0.2) is 12.2 Å². The lowest BCUT2D eigenvalue weighted by molar-refractivity contribution is -0.161. The van der Waals surface area contributed by atoms with Crippen LogP contribution in [0.3, 0.4) is 0 Å². The van der Waals surface area contributed by atoms with Gasteiger partial charge in [-0.1, -0.05) is 304 Å². The number of esters is 4. The second kappa shape index (κ2) is 82.4. The number of phosphoric acid groups is 2. The number of allylic oxidation sites excluding steroid dienone is 36. The van der Waals surface area contributed by atoms with Crippen LogP contribution in [0.1, 0.15) is 285 Å². The highest BCUT2D eigenvalue weighted by Gasteiger charge is 2.30. The minimum absolute atomic E-state index is 0.0174. The molecule has 0 saturated heterocycles. The van der Waals surface area contributed by atoms with Crippen LogP contribution in [0.4, 0.5) is 0 Å². The number of aliphatic hydroxyl groups is 1. The van der Waals surface area contributed by atoms with E-state index >= 15 is 0 Å². The molecule has 0 spiro atoms. The zero-order chi connectivity index (χ0) is 81.7. The summed E-state index contributed by atoms with van der Waals surface area (Å²) in [5.74, 6) is -2.44. The number of aliphatic hydroxyl groups excluding tert-OH is 1. The zero-order valence-electron chi connectivity index (χ0n) is 69.0. The highest BCUT2D eigenvalue weighted by molar-refractivity contribution is 7.47. The minimum atomic E-state index is -5.03. The molecule has 0 aliphatic carbocycles. The summed E-state index contributed by atoms with van der Waals surface area (Å²) >= 11 is 0. The Morgan fingerprint density at radius 2 is 0.482 bits per heavy atom. The molecule has 5 unspecified atom stereocenters. The van der Waals surface area contributed by atoms with Crippen LogP contribution in [0.5, 0.6) is 0 Å². The van der Waals surface area contributed by atoms with Crippen LogP contribution in [0.2, 0.25) is 0 Å². The first-order valence-electron chi connectivity index (χ1n) is 42.0. The van der Waals surface area contributed by atoms with Crippen molar-refractivity contribution in [1.29, 1.82) is 0 Å². The maximum atomic E-state index is 13.1. The van der Waals surface area contributed by atoms with Gasteiger partial charge in [-0.3, -0.25) is 37.3 Å². The van der Waals surface area contributed by atoms with Crippen LogP contribution in [-0.4, -0.2) is 96.7 Å². The zero-order valence-corrected chi connectivity index (χ0v) is 70.8. The third-order valence-corrected chi connectivity index (χ3v) is 18.3. The molecule has 0 aliphatic rings. The average molecular weight is 1600 g/mol. The summed E-state index contributed by atoms with van der Waals surface area (Å²) < 4.78 is 68.6. The van der Waals surface area contributed by atoms with E-state index in [0.717, 1.165) is 154 Å². The highest BCUT2D eigenvalue weighted by Crippen LogP contribution is 2.45. The summed E-state index contributed by atoms with van der Waals surface area (Å²) in [4.78, 5) is 73.2. The lowest BCUT2D eigenvalue weighted by Crippen LogP contribution is -2.30. The van der Waals surface area contributed by atoms with Crippen molar-refractivity contribution in [3.63, 3.8) is 0 Å². The Morgan fingerprint density at radius 1 is 0.259 bits per heavy atom. The number of carbonyl (C=O) groups is 4. The molecule has 0 rings (SSSR count). The fraction of sp³-hybridized carbons (Fsp3) is 0.570. The predicted octanol–water partition coefficient (Wildman–Crippen LogP) is 25.2. The van der Waals surface area contributed by atoms with Crippen molar-refractivity contribution >= 4 is 39.5 Å². The number of phosphoric ester groups is 2. The van der Waals surface area contributed by atoms with Crippen LogP contribution >= 0.6 is 15.6 Å². The van der Waals surface area contributed by atoms with Gasteiger partial charge in [0.05, 0.1) is 26.4 Å². The van der Waals surface area contributed by atoms with E-state index in [9.17, 15) is 43.2 Å². The smallest absolute Gasteiger partial charge is 0.462 e. The first-order chi connectivity index (χ1) is 54.7. The predicted molar refractivity (Wildman–Crippen MR) is 463 cm³/mol. The molecule has 0 aromatic carbocycles. The molecule has 630 valence electrons. The van der Waals surface area contributed by atoms with Crippen molar-refractivity contribution in [2.45, 2.75) is 303 Å². The summed E-state index contributed by atoms with van der Waals surface area (Å²) in [6.07, 6.45) is 105. The molecule has 0 amide bonds. The number of unbranched alkanes of at least 4 members (excludes halogenated alkanes) is 14. The molecule has 5 atom stereocenters. The number of carbonyl (C=O) groups excluding carboxylic acids is 4. The molecule has 0 fully saturated rings. The van der Waals surface area contributed by atoms with Crippen molar-refractivity contribution in [2.24, 2.45) is 0 Å². The molecule has 19 heteroatoms. The van der Waals surface area contributed by atoms with E-state index < -0.39 is 97.5 Å². The molecule has 0 bridgehead atoms. The Bertz CT molecular complexity index is 2990. The van der Waals surface area contributed by atoms with Gasteiger partial charge in [-0.15, -0.1) is 0 Å². The third-order valence-electron chi connectivity index (χ3n) is 16.4. The Balaban J connectivity index is 5.58. The lowest BCUT2D eigenvalue weighted by atomic mass is 10.1. The molecular weight excluding hydrogens is 1450 g/mol. The van der Waals surface area contributed by atoms with E-state index in [1.165, 1.54) is 38.5 Å². The van der Waals surface area contributed by atoms with Gasteiger partial charge < -0.3 is 33.8 Å². The highest BCUT2D eigenvalue weighted by atomic mass is 31.2. The van der Waals surface area contributed by atoms with Gasteiger partial charge in [0.25, 0.3) is 0 Å². The molecule has 3 N–H and O–H groups in total. The van der Waals surface area contributed by atoms with Gasteiger partial charge in [0.1, 0.15) is 19.3 Å². The van der Waals surface area contributed by atoms with Gasteiger partial charge >= 0.3 is 39.5 Å². The Labute approximate surface area is 677 Å². The van der Waals surface area contributed by atoms with E-state index in [4.69, 9.17) is 37.0 Å². The lowest BCUT2D eigenvalue weighted by Gasteiger charge is -2.21. The van der Waals surface area contributed by atoms with Crippen LogP contribution in [0.25, 0.3) is 0 Å². The molecule has 0 heterocycles. The fourth-order valence-corrected chi connectivity index (χ4v) is 11.8. The summed E-state index contributed by atoms with van der Waals surface area (Å²) in [6.45, 7) is 4.29. The van der Waals surface area contributed by atoms with Gasteiger partial charge in [-0.05, 0) is 173 Å². The molecule has 0 aromatic rings. The average Bonchev–Trinajstić information content (AvgIpc) is 0.898. The maximum absolute atomic E-state index is 13.1. The number of ether oxygens (including phenoxy) is 4. The number of hydrogen-bond acceptors (Lipinski definition) is 15. The Hall–Kier alpha value is -6.62. The van der Waals surface area contributed by atoms with E-state index in [0.29, 0.717) is 38.5 Å². The standard InChI is InChI=1S/C93H146O17P2/c1-5-9-13-17-21-25-29-33-37-40-43-46-50-53-57-61-65-69-73-77-90(95)103-83-88(109-92(97)79-75-71-67-63-59-55-49-36-32-28-24-20-16-12-8-4)85-107-111(99,100)105-81-87(94)82-106-112(101,102)108-86-89(110-93(98)80-76-72-68-64-60-56-52-48-45-42-39-35-31-27-23-19-15-11-7-3)84-104-91(96)78-74-70-66-62-58-54-51-47-44-41-38-34-30-26-22-18-14-10-6-2/h9-11,13-15,21-23,25-27,33-39,43-49,53-54,56-58,60,65-66,69-70,87-89,94H,5-8,12,16-20,24,28-32,40-42,50-52,55,59,61-64,67-68,71-86H2,1-4H3,(H,99,100)(H,101,102)/b13-9-,14-10-,15-11-,25-21-,26-22-,27-23-,37-33-,38-34-,39-35-,46-43-,47-44-,48-45-,49-36-,57-53-,58-54-,60-56-,69-65-,70-66-. The molecule has 0 aromatic heterocycles. The second-order valence-corrected chi connectivity index (χ2v) is 29.8. The van der Waals surface area contributed by atoms with Crippen molar-refractivity contribution < 1.29 is 80.2 Å². The van der Waals surface area contributed by atoms with E-state index in [1.54, 1.807) is 0 Å². The Kier molecular flexibility index (Phi) is 77.5. The molecular formula is C93H146O17P2. The van der Waals surface area contributed by atoms with Gasteiger partial charge in [-0.25, -0.2) is 9.13 Å². The first kappa shape index (κ1) is 105. The quantitative estimate of drug-likeness (QED) is 0.0169. The van der Waals surface area contributed by atoms with Crippen molar-refractivity contribution in [3.05, 3.63) is 219 Å². The van der Waals surface area contributed by atoms with E-state index in [1.807, 2.05) is 36.5 Å². The van der Waals surface area contributed by atoms with Crippen molar-refractivity contribution in [3.8, 4) is 0 Å². The summed E-state index contributed by atoms with van der Waals surface area (Å²) in [5, 5.41) is 10.7. The number of hydrogen-bond donors (Lipinski definition) is 3. The van der Waals surface area contributed by atoms with E-state index in [-0.39, 0.29) is 25.7 Å². The van der Waals surface area contributed by atoms with Crippen LogP contribution in [0, 0.1) is 0 Å². The molecule has 0 saturated carbocycles. The molecule has 17 nitrogen and oxygen atoms in total. The number of rotatable bonds is 76. The van der Waals surface area contributed by atoms with Crippen LogP contribution < -0.4 is 0 Å². The van der Waals surface area contributed by atoms with Crippen molar-refractivity contribution in [2.75, 3.05) is 39.6 Å². The topological polar surface area (TPSA) is 237 Å². The van der Waals surface area contributed by atoms with E-state index in [2.05, 4.69) is 210 Å². The summed E-state index contributed by atoms with van der Waals surface area (Å²) in [6, 6.07) is 0. The minimum Gasteiger partial charge on any atom is -0.462 e. The van der Waals surface area contributed by atoms with Crippen molar-refractivity contribution in [1.82, 2.24) is 0 Å². The normalized spacial score (nSPS) is 14.9. The van der Waals surface area contributed by atoms with Gasteiger partial charge in [-0.2, -0.15) is 0 Å². The third kappa shape index (κ3) is 81.4. The van der Waals surface area contributed by atoms with Gasteiger partial charge in [0.2, 0.25) is 0 Å². The summed E-state index contributed by atoms with van der Waals surface area (Å²) in [7, 11) is -10.0. The largest absolute Gasteiger partial charge is 0.472 e. The second-order valence-electron chi connectivity index (χ2n) is 26.9. The monoisotopic (exact) mass is 1600 g/mol. The maximum Gasteiger partial charge on any atom is 0.472 e.